The lowest BCUT2D eigenvalue weighted by Gasteiger charge is -2.24. The van der Waals surface area contributed by atoms with Crippen molar-refractivity contribution in [3.05, 3.63) is 35.0 Å². The van der Waals surface area contributed by atoms with Gasteiger partial charge in [0.1, 0.15) is 0 Å². The first-order valence-corrected chi connectivity index (χ1v) is 7.82. The molecular weight excluding hydrogens is 324 g/mol. The van der Waals surface area contributed by atoms with E-state index in [0.717, 1.165) is 15.1 Å². The maximum atomic E-state index is 12.3. The van der Waals surface area contributed by atoms with Crippen LogP contribution in [0.3, 0.4) is 0 Å². The first-order valence-electron chi connectivity index (χ1n) is 6.15. The third-order valence-corrected chi connectivity index (χ3v) is 4.01. The third-order valence-electron chi connectivity index (χ3n) is 2.50. The van der Waals surface area contributed by atoms with Crippen LogP contribution in [0.15, 0.2) is 40.0 Å². The molecule has 5 heteroatoms. The molecule has 1 heterocycles. The summed E-state index contributed by atoms with van der Waals surface area (Å²) in [5.74, 6) is 0.125. The SMILES string of the molecule is C=C(C)CN(CC)C(=O)C(C)Sc1ccc(Br)cn1. The van der Waals surface area contributed by atoms with Crippen LogP contribution in [0.2, 0.25) is 0 Å². The maximum Gasteiger partial charge on any atom is 0.236 e. The van der Waals surface area contributed by atoms with Gasteiger partial charge in [0, 0.05) is 23.8 Å². The van der Waals surface area contributed by atoms with E-state index in [1.807, 2.05) is 37.8 Å². The summed E-state index contributed by atoms with van der Waals surface area (Å²) in [7, 11) is 0. The molecule has 1 aromatic rings. The molecule has 0 bridgehead atoms. The Hall–Kier alpha value is -0.810. The van der Waals surface area contributed by atoms with Crippen LogP contribution in [0.4, 0.5) is 0 Å². The molecule has 19 heavy (non-hydrogen) atoms. The average Bonchev–Trinajstić information content (AvgIpc) is 2.37. The van der Waals surface area contributed by atoms with Crippen molar-refractivity contribution >= 4 is 33.6 Å². The minimum Gasteiger partial charge on any atom is -0.338 e. The third kappa shape index (κ3) is 5.37. The number of aromatic nitrogens is 1. The number of rotatable bonds is 6. The summed E-state index contributed by atoms with van der Waals surface area (Å²) in [6.45, 7) is 11.0. The number of likely N-dealkylation sites (N-methyl/N-ethyl adjacent to an activating group) is 1. The summed E-state index contributed by atoms with van der Waals surface area (Å²) in [5.41, 5.74) is 0.995. The predicted molar refractivity (Wildman–Crippen MR) is 84.3 cm³/mol. The van der Waals surface area contributed by atoms with Crippen LogP contribution in [-0.2, 0) is 4.79 Å². The second-order valence-electron chi connectivity index (χ2n) is 4.38. The zero-order valence-corrected chi connectivity index (χ0v) is 13.9. The fraction of sp³-hybridized carbons (Fsp3) is 0.429. The van der Waals surface area contributed by atoms with Crippen molar-refractivity contribution < 1.29 is 4.79 Å². The Kier molecular flexibility index (Phi) is 6.58. The Morgan fingerprint density at radius 2 is 2.26 bits per heavy atom. The molecule has 3 nitrogen and oxygen atoms in total. The Morgan fingerprint density at radius 1 is 1.58 bits per heavy atom. The van der Waals surface area contributed by atoms with Crippen molar-refractivity contribution in [1.82, 2.24) is 9.88 Å². The van der Waals surface area contributed by atoms with Gasteiger partial charge in [-0.2, -0.15) is 0 Å². The van der Waals surface area contributed by atoms with Crippen molar-refractivity contribution in [2.24, 2.45) is 0 Å². The number of carbonyl (C=O) groups is 1. The zero-order valence-electron chi connectivity index (χ0n) is 11.5. The lowest BCUT2D eigenvalue weighted by Crippen LogP contribution is -2.37. The van der Waals surface area contributed by atoms with Gasteiger partial charge in [-0.15, -0.1) is 0 Å². The van der Waals surface area contributed by atoms with E-state index in [2.05, 4.69) is 27.5 Å². The Balaban J connectivity index is 2.65. The maximum absolute atomic E-state index is 12.3. The second-order valence-corrected chi connectivity index (χ2v) is 6.66. The molecular formula is C14H19BrN2OS. The molecule has 0 radical (unpaired) electrons. The van der Waals surface area contributed by atoms with Crippen LogP contribution < -0.4 is 0 Å². The summed E-state index contributed by atoms with van der Waals surface area (Å²) >= 11 is 4.82. The van der Waals surface area contributed by atoms with E-state index in [0.29, 0.717) is 13.1 Å². The van der Waals surface area contributed by atoms with Crippen LogP contribution in [0.5, 0.6) is 0 Å². The number of hydrogen-bond donors (Lipinski definition) is 0. The number of thioether (sulfide) groups is 1. The number of amides is 1. The van der Waals surface area contributed by atoms with Gasteiger partial charge in [-0.25, -0.2) is 4.98 Å². The van der Waals surface area contributed by atoms with Gasteiger partial charge in [0.15, 0.2) is 0 Å². The highest BCUT2D eigenvalue weighted by atomic mass is 79.9. The van der Waals surface area contributed by atoms with Crippen LogP contribution in [-0.4, -0.2) is 34.1 Å². The standard InChI is InChI=1S/C14H19BrN2OS/c1-5-17(9-10(2)3)14(18)11(4)19-13-7-6-12(15)8-16-13/h6-8,11H,2,5,9H2,1,3-4H3. The normalized spacial score (nSPS) is 12.0. The number of hydrogen-bond acceptors (Lipinski definition) is 3. The van der Waals surface area contributed by atoms with E-state index in [-0.39, 0.29) is 11.2 Å². The molecule has 1 aromatic heterocycles. The van der Waals surface area contributed by atoms with Crippen molar-refractivity contribution in [3.63, 3.8) is 0 Å². The van der Waals surface area contributed by atoms with Crippen LogP contribution >= 0.6 is 27.7 Å². The van der Waals surface area contributed by atoms with Gasteiger partial charge >= 0.3 is 0 Å². The van der Waals surface area contributed by atoms with Crippen molar-refractivity contribution in [2.75, 3.05) is 13.1 Å². The molecule has 0 aromatic carbocycles. The molecule has 0 saturated heterocycles. The number of nitrogens with zero attached hydrogens (tertiary/aromatic N) is 2. The van der Waals surface area contributed by atoms with Crippen LogP contribution in [0, 0.1) is 0 Å². The van der Waals surface area contributed by atoms with E-state index in [4.69, 9.17) is 0 Å². The Bertz CT molecular complexity index is 447. The smallest absolute Gasteiger partial charge is 0.236 e. The molecule has 1 amide bonds. The largest absolute Gasteiger partial charge is 0.338 e. The summed E-state index contributed by atoms with van der Waals surface area (Å²) in [5, 5.41) is 0.711. The molecule has 0 saturated carbocycles. The van der Waals surface area contributed by atoms with E-state index >= 15 is 0 Å². The van der Waals surface area contributed by atoms with Gasteiger partial charge in [-0.1, -0.05) is 23.9 Å². The molecule has 0 fully saturated rings. The van der Waals surface area contributed by atoms with Crippen molar-refractivity contribution in [2.45, 2.75) is 31.0 Å². The molecule has 0 aliphatic heterocycles. The number of halogens is 1. The van der Waals surface area contributed by atoms with E-state index in [9.17, 15) is 4.79 Å². The van der Waals surface area contributed by atoms with Gasteiger partial charge in [0.25, 0.3) is 0 Å². The lowest BCUT2D eigenvalue weighted by atomic mass is 10.3. The second kappa shape index (κ2) is 7.70. The van der Waals surface area contributed by atoms with Gasteiger partial charge in [-0.05, 0) is 48.8 Å². The molecule has 0 aliphatic rings. The molecule has 0 spiro atoms. The zero-order chi connectivity index (χ0) is 14.4. The molecule has 1 unspecified atom stereocenters. The summed E-state index contributed by atoms with van der Waals surface area (Å²) in [6, 6.07) is 3.84. The van der Waals surface area contributed by atoms with Gasteiger partial charge in [0.2, 0.25) is 5.91 Å². The summed E-state index contributed by atoms with van der Waals surface area (Å²) in [6.07, 6.45) is 1.74. The Morgan fingerprint density at radius 3 is 2.74 bits per heavy atom. The van der Waals surface area contributed by atoms with Gasteiger partial charge < -0.3 is 4.90 Å². The minimum atomic E-state index is -0.145. The highest BCUT2D eigenvalue weighted by molar-refractivity contribution is 9.10. The number of carbonyl (C=O) groups excluding carboxylic acids is 1. The fourth-order valence-corrected chi connectivity index (χ4v) is 2.70. The topological polar surface area (TPSA) is 33.2 Å². The lowest BCUT2D eigenvalue weighted by molar-refractivity contribution is -0.129. The van der Waals surface area contributed by atoms with E-state index < -0.39 is 0 Å². The highest BCUT2D eigenvalue weighted by Gasteiger charge is 2.20. The van der Waals surface area contributed by atoms with Crippen LogP contribution in [0.1, 0.15) is 20.8 Å². The average molecular weight is 343 g/mol. The first-order chi connectivity index (χ1) is 8.93. The van der Waals surface area contributed by atoms with Gasteiger partial charge in [0.05, 0.1) is 10.3 Å². The molecule has 0 aliphatic carbocycles. The molecule has 1 atom stereocenters. The molecule has 104 valence electrons. The first kappa shape index (κ1) is 16.2. The quantitative estimate of drug-likeness (QED) is 0.583. The Labute approximate surface area is 127 Å². The predicted octanol–water partition coefficient (Wildman–Crippen LogP) is 3.75. The highest BCUT2D eigenvalue weighted by Crippen LogP contribution is 2.23. The summed E-state index contributed by atoms with van der Waals surface area (Å²) in [4.78, 5) is 18.4. The van der Waals surface area contributed by atoms with E-state index in [1.54, 1.807) is 6.20 Å². The summed E-state index contributed by atoms with van der Waals surface area (Å²) < 4.78 is 0.938. The molecule has 1 rings (SSSR count). The monoisotopic (exact) mass is 342 g/mol. The van der Waals surface area contributed by atoms with Crippen molar-refractivity contribution in [3.8, 4) is 0 Å². The number of pyridine rings is 1. The molecule has 0 N–H and O–H groups in total. The van der Waals surface area contributed by atoms with Crippen molar-refractivity contribution in [1.29, 1.82) is 0 Å². The van der Waals surface area contributed by atoms with Gasteiger partial charge in [-0.3, -0.25) is 4.79 Å². The fourth-order valence-electron chi connectivity index (χ4n) is 1.59. The van der Waals surface area contributed by atoms with Crippen LogP contribution in [0.25, 0.3) is 0 Å². The minimum absolute atomic E-state index is 0.125. The van der Waals surface area contributed by atoms with E-state index in [1.165, 1.54) is 11.8 Å².